The molecule has 0 spiro atoms. The zero-order valence-electron chi connectivity index (χ0n) is 16.9. The Bertz CT molecular complexity index is 664. The first-order chi connectivity index (χ1) is 13.1. The number of halogens is 1. The van der Waals surface area contributed by atoms with Crippen molar-refractivity contribution in [1.82, 2.24) is 4.90 Å². The molecule has 1 aliphatic rings. The normalized spacial score (nSPS) is 19.9. The molecule has 0 aliphatic heterocycles. The molecule has 0 saturated heterocycles. The van der Waals surface area contributed by atoms with E-state index in [1.807, 2.05) is 0 Å². The molecule has 2 unspecified atom stereocenters. The van der Waals surface area contributed by atoms with Crippen LogP contribution in [0.5, 0.6) is 0 Å². The molecule has 0 bridgehead atoms. The monoisotopic (exact) mass is 367 g/mol. The summed E-state index contributed by atoms with van der Waals surface area (Å²) in [5, 5.41) is 0. The van der Waals surface area contributed by atoms with E-state index in [2.05, 4.69) is 73.3 Å². The van der Waals surface area contributed by atoms with Crippen LogP contribution in [0.15, 0.2) is 54.6 Å². The summed E-state index contributed by atoms with van der Waals surface area (Å²) in [4.78, 5) is 2.58. The molecule has 2 atom stereocenters. The molecule has 0 N–H and O–H groups in total. The van der Waals surface area contributed by atoms with Crippen LogP contribution in [-0.4, -0.2) is 30.2 Å². The van der Waals surface area contributed by atoms with Gasteiger partial charge in [-0.15, -0.1) is 0 Å². The third-order valence-corrected chi connectivity index (χ3v) is 5.99. The molecule has 3 rings (SSSR count). The molecule has 2 heteroatoms. The van der Waals surface area contributed by atoms with E-state index < -0.39 is 6.17 Å². The van der Waals surface area contributed by atoms with Crippen LogP contribution in [0.4, 0.5) is 4.39 Å². The molecular weight excluding hydrogens is 333 g/mol. The number of nitrogens with zero attached hydrogens (tertiary/aromatic N) is 1. The van der Waals surface area contributed by atoms with E-state index in [4.69, 9.17) is 0 Å². The van der Waals surface area contributed by atoms with Crippen LogP contribution >= 0.6 is 0 Å². The predicted molar refractivity (Wildman–Crippen MR) is 113 cm³/mol. The van der Waals surface area contributed by atoms with Gasteiger partial charge in [0.15, 0.2) is 0 Å². The van der Waals surface area contributed by atoms with Crippen LogP contribution in [0, 0.1) is 0 Å². The van der Waals surface area contributed by atoms with Gasteiger partial charge in [-0.3, -0.25) is 0 Å². The van der Waals surface area contributed by atoms with Crippen LogP contribution in [-0.2, 0) is 12.8 Å². The van der Waals surface area contributed by atoms with Crippen molar-refractivity contribution in [2.75, 3.05) is 13.1 Å². The van der Waals surface area contributed by atoms with Crippen LogP contribution < -0.4 is 0 Å². The fourth-order valence-electron chi connectivity index (χ4n) is 4.22. The molecule has 2 aromatic carbocycles. The van der Waals surface area contributed by atoms with Crippen LogP contribution in [0.25, 0.3) is 0 Å². The second kappa shape index (κ2) is 10.0. The van der Waals surface area contributed by atoms with E-state index in [1.165, 1.54) is 23.1 Å². The third kappa shape index (κ3) is 6.17. The summed E-state index contributed by atoms with van der Waals surface area (Å²) < 4.78 is 13.4. The fraction of sp³-hybridized carbons (Fsp3) is 0.520. The van der Waals surface area contributed by atoms with E-state index in [0.717, 1.165) is 38.8 Å². The zero-order valence-corrected chi connectivity index (χ0v) is 16.9. The highest BCUT2D eigenvalue weighted by molar-refractivity contribution is 5.26. The third-order valence-electron chi connectivity index (χ3n) is 5.99. The number of aryl methyl sites for hydroxylation is 1. The van der Waals surface area contributed by atoms with Crippen LogP contribution in [0.2, 0.25) is 0 Å². The fourth-order valence-corrected chi connectivity index (χ4v) is 4.22. The molecule has 1 fully saturated rings. The highest BCUT2D eigenvalue weighted by atomic mass is 19.1. The molecule has 1 nitrogen and oxygen atoms in total. The summed E-state index contributed by atoms with van der Waals surface area (Å²) in [7, 11) is 0. The van der Waals surface area contributed by atoms with Crippen LogP contribution in [0.3, 0.4) is 0 Å². The first kappa shape index (κ1) is 20.1. The number of rotatable bonds is 9. The maximum absolute atomic E-state index is 13.4. The predicted octanol–water partition coefficient (Wildman–Crippen LogP) is 6.18. The van der Waals surface area contributed by atoms with Crippen molar-refractivity contribution in [3.8, 4) is 0 Å². The van der Waals surface area contributed by atoms with Gasteiger partial charge in [0.2, 0.25) is 0 Å². The van der Waals surface area contributed by atoms with Gasteiger partial charge in [-0.1, -0.05) is 54.6 Å². The summed E-state index contributed by atoms with van der Waals surface area (Å²) >= 11 is 0. The maximum atomic E-state index is 13.4. The van der Waals surface area contributed by atoms with Crippen molar-refractivity contribution in [3.05, 3.63) is 71.3 Å². The number of hydrogen-bond acceptors (Lipinski definition) is 1. The van der Waals surface area contributed by atoms with Gasteiger partial charge < -0.3 is 4.90 Å². The SMILES string of the molecule is CC(C)N(CCCc1ccc(C2CCC(F)C2)cc1)CCc1ccccc1. The highest BCUT2D eigenvalue weighted by Gasteiger charge is 2.25. The average molecular weight is 368 g/mol. The second-order valence-corrected chi connectivity index (χ2v) is 8.32. The number of hydrogen-bond donors (Lipinski definition) is 0. The standard InChI is InChI=1S/C25H34FN/c1-20(2)27(18-16-21-7-4-3-5-8-21)17-6-9-22-10-12-23(13-11-22)24-14-15-25(26)19-24/h3-5,7-8,10-13,20,24-25H,6,9,14-19H2,1-2H3. The second-order valence-electron chi connectivity index (χ2n) is 8.32. The largest absolute Gasteiger partial charge is 0.301 e. The number of alkyl halides is 1. The Balaban J connectivity index is 1.44. The van der Waals surface area contributed by atoms with Gasteiger partial charge in [0.1, 0.15) is 6.17 Å². The lowest BCUT2D eigenvalue weighted by Gasteiger charge is -2.26. The minimum Gasteiger partial charge on any atom is -0.301 e. The minimum atomic E-state index is -0.590. The first-order valence-corrected chi connectivity index (χ1v) is 10.6. The Labute approximate surface area is 164 Å². The molecule has 27 heavy (non-hydrogen) atoms. The Morgan fingerprint density at radius 1 is 0.889 bits per heavy atom. The molecule has 0 radical (unpaired) electrons. The molecule has 1 saturated carbocycles. The van der Waals surface area contributed by atoms with Crippen molar-refractivity contribution in [2.45, 2.75) is 70.5 Å². The highest BCUT2D eigenvalue weighted by Crippen LogP contribution is 2.36. The quantitative estimate of drug-likeness (QED) is 0.512. The van der Waals surface area contributed by atoms with Crippen molar-refractivity contribution in [2.24, 2.45) is 0 Å². The summed E-state index contributed by atoms with van der Waals surface area (Å²) in [5.74, 6) is 0.434. The van der Waals surface area contributed by atoms with Gasteiger partial charge in [-0.2, -0.15) is 0 Å². The van der Waals surface area contributed by atoms with Crippen molar-refractivity contribution in [3.63, 3.8) is 0 Å². The van der Waals surface area contributed by atoms with E-state index in [1.54, 1.807) is 0 Å². The van der Waals surface area contributed by atoms with E-state index in [-0.39, 0.29) is 0 Å². The summed E-state index contributed by atoms with van der Waals surface area (Å²) in [5.41, 5.74) is 4.15. The van der Waals surface area contributed by atoms with E-state index >= 15 is 0 Å². The summed E-state index contributed by atoms with van der Waals surface area (Å²) in [6.07, 6.45) is 5.28. The molecule has 0 aromatic heterocycles. The van der Waals surface area contributed by atoms with Gasteiger partial charge in [0, 0.05) is 12.6 Å². The van der Waals surface area contributed by atoms with Crippen molar-refractivity contribution in [1.29, 1.82) is 0 Å². The number of benzene rings is 2. The zero-order chi connectivity index (χ0) is 19.1. The van der Waals surface area contributed by atoms with Gasteiger partial charge in [0.05, 0.1) is 0 Å². The van der Waals surface area contributed by atoms with Gasteiger partial charge >= 0.3 is 0 Å². The van der Waals surface area contributed by atoms with Gasteiger partial charge in [0.25, 0.3) is 0 Å². The first-order valence-electron chi connectivity index (χ1n) is 10.6. The average Bonchev–Trinajstić information content (AvgIpc) is 3.12. The van der Waals surface area contributed by atoms with Crippen LogP contribution in [0.1, 0.15) is 62.1 Å². The molecule has 0 heterocycles. The van der Waals surface area contributed by atoms with Crippen molar-refractivity contribution >= 4 is 0 Å². The van der Waals surface area contributed by atoms with Gasteiger partial charge in [-0.25, -0.2) is 4.39 Å². The Kier molecular flexibility index (Phi) is 7.46. The van der Waals surface area contributed by atoms with E-state index in [9.17, 15) is 4.39 Å². The maximum Gasteiger partial charge on any atom is 0.101 e. The topological polar surface area (TPSA) is 3.24 Å². The molecule has 146 valence electrons. The molecule has 1 aliphatic carbocycles. The lowest BCUT2D eigenvalue weighted by Crippen LogP contribution is -2.34. The summed E-state index contributed by atoms with van der Waals surface area (Å²) in [6, 6.07) is 20.3. The van der Waals surface area contributed by atoms with E-state index in [0.29, 0.717) is 18.4 Å². The molecule has 2 aromatic rings. The summed E-state index contributed by atoms with van der Waals surface area (Å²) in [6.45, 7) is 6.84. The minimum absolute atomic E-state index is 0.434. The lowest BCUT2D eigenvalue weighted by atomic mass is 9.96. The molecular formula is C25H34FN. The van der Waals surface area contributed by atoms with Gasteiger partial charge in [-0.05, 0) is 81.5 Å². The molecule has 0 amide bonds. The lowest BCUT2D eigenvalue weighted by molar-refractivity contribution is 0.222. The van der Waals surface area contributed by atoms with Crippen molar-refractivity contribution < 1.29 is 4.39 Å². The Morgan fingerprint density at radius 3 is 2.22 bits per heavy atom. The smallest absolute Gasteiger partial charge is 0.101 e. The Morgan fingerprint density at radius 2 is 1.59 bits per heavy atom. The Hall–Kier alpha value is -1.67.